The van der Waals surface area contributed by atoms with Gasteiger partial charge in [-0.2, -0.15) is 4.37 Å². The van der Waals surface area contributed by atoms with Crippen LogP contribution in [0.15, 0.2) is 24.3 Å². The zero-order valence-electron chi connectivity index (χ0n) is 9.07. The molecule has 0 aliphatic rings. The monoisotopic (exact) mass is 237 g/mol. The summed E-state index contributed by atoms with van der Waals surface area (Å²) in [4.78, 5) is 4.17. The molecule has 0 bridgehead atoms. The van der Waals surface area contributed by atoms with Crippen LogP contribution in [0.2, 0.25) is 0 Å². The molecule has 5 heteroatoms. The fourth-order valence-corrected chi connectivity index (χ4v) is 2.06. The van der Waals surface area contributed by atoms with E-state index in [0.717, 1.165) is 5.56 Å². The van der Waals surface area contributed by atoms with Crippen LogP contribution in [-0.2, 0) is 5.41 Å². The summed E-state index contributed by atoms with van der Waals surface area (Å²) >= 11 is 1.17. The first-order valence-electron chi connectivity index (χ1n) is 4.86. The van der Waals surface area contributed by atoms with Gasteiger partial charge in [-0.1, -0.05) is 12.1 Å². The summed E-state index contributed by atoms with van der Waals surface area (Å²) < 4.78 is 17.0. The van der Waals surface area contributed by atoms with E-state index in [-0.39, 0.29) is 11.2 Å². The lowest BCUT2D eigenvalue weighted by atomic mass is 9.84. The Bertz CT molecular complexity index is 490. The molecule has 3 nitrogen and oxygen atoms in total. The van der Waals surface area contributed by atoms with E-state index in [0.29, 0.717) is 11.0 Å². The van der Waals surface area contributed by atoms with Crippen LogP contribution >= 0.6 is 11.5 Å². The maximum atomic E-state index is 12.8. The molecule has 2 N–H and O–H groups in total. The van der Waals surface area contributed by atoms with Gasteiger partial charge in [-0.05, 0) is 31.5 Å². The van der Waals surface area contributed by atoms with Crippen molar-refractivity contribution in [3.05, 3.63) is 41.5 Å². The molecule has 1 aromatic heterocycles. The lowest BCUT2D eigenvalue weighted by molar-refractivity contribution is 0.592. The van der Waals surface area contributed by atoms with Gasteiger partial charge in [0.1, 0.15) is 5.82 Å². The Morgan fingerprint density at radius 3 is 2.38 bits per heavy atom. The molecule has 0 fully saturated rings. The van der Waals surface area contributed by atoms with Gasteiger partial charge in [-0.3, -0.25) is 0 Å². The molecule has 2 aromatic rings. The van der Waals surface area contributed by atoms with Crippen molar-refractivity contribution in [2.75, 3.05) is 5.73 Å². The average molecular weight is 237 g/mol. The fourth-order valence-electron chi connectivity index (χ4n) is 1.48. The van der Waals surface area contributed by atoms with Crippen LogP contribution in [0.4, 0.5) is 9.52 Å². The summed E-state index contributed by atoms with van der Waals surface area (Å²) in [5.41, 5.74) is 6.17. The standard InChI is InChI=1S/C11H12FN3S/c1-11(2,9-14-10(13)16-15-9)7-3-5-8(12)6-4-7/h3-6H,1-2H3,(H2,13,14,15). The smallest absolute Gasteiger partial charge is 0.199 e. The number of nitrogen functional groups attached to an aromatic ring is 1. The van der Waals surface area contributed by atoms with Gasteiger partial charge in [0, 0.05) is 11.5 Å². The molecule has 0 atom stereocenters. The molecule has 1 aromatic carbocycles. The summed E-state index contributed by atoms with van der Waals surface area (Å²) in [7, 11) is 0. The molecule has 0 spiro atoms. The normalized spacial score (nSPS) is 11.7. The van der Waals surface area contributed by atoms with Gasteiger partial charge in [0.15, 0.2) is 11.0 Å². The SMILES string of the molecule is CC(C)(c1ccc(F)cc1)c1nsc(N)n1. The molecule has 0 aliphatic heterocycles. The van der Waals surface area contributed by atoms with Crippen molar-refractivity contribution in [3.63, 3.8) is 0 Å². The van der Waals surface area contributed by atoms with E-state index in [2.05, 4.69) is 9.36 Å². The molecule has 1 heterocycles. The lowest BCUT2D eigenvalue weighted by Gasteiger charge is -2.21. The van der Waals surface area contributed by atoms with Crippen molar-refractivity contribution < 1.29 is 4.39 Å². The minimum atomic E-state index is -0.359. The Kier molecular flexibility index (Phi) is 2.63. The van der Waals surface area contributed by atoms with Gasteiger partial charge < -0.3 is 5.73 Å². The number of rotatable bonds is 2. The molecule has 84 valence electrons. The van der Waals surface area contributed by atoms with E-state index in [1.165, 1.54) is 23.7 Å². The highest BCUT2D eigenvalue weighted by molar-refractivity contribution is 7.09. The van der Waals surface area contributed by atoms with Crippen LogP contribution in [-0.4, -0.2) is 9.36 Å². The molecule has 0 saturated carbocycles. The second-order valence-corrected chi connectivity index (χ2v) is 4.87. The van der Waals surface area contributed by atoms with Crippen molar-refractivity contribution in [2.45, 2.75) is 19.3 Å². The van der Waals surface area contributed by atoms with Crippen LogP contribution < -0.4 is 5.73 Å². The molecular weight excluding hydrogens is 225 g/mol. The molecule has 0 saturated heterocycles. The second kappa shape index (κ2) is 3.83. The molecular formula is C11H12FN3S. The number of hydrogen-bond donors (Lipinski definition) is 1. The molecule has 0 aliphatic carbocycles. The third kappa shape index (κ3) is 1.90. The highest BCUT2D eigenvalue weighted by atomic mass is 32.1. The highest BCUT2D eigenvalue weighted by Gasteiger charge is 2.27. The fraction of sp³-hybridized carbons (Fsp3) is 0.273. The molecule has 0 unspecified atom stereocenters. The van der Waals surface area contributed by atoms with Crippen molar-refractivity contribution in [1.29, 1.82) is 0 Å². The first-order valence-corrected chi connectivity index (χ1v) is 5.63. The Morgan fingerprint density at radius 1 is 1.25 bits per heavy atom. The van der Waals surface area contributed by atoms with Crippen LogP contribution in [0.1, 0.15) is 25.2 Å². The maximum Gasteiger partial charge on any atom is 0.199 e. The molecule has 0 amide bonds. The van der Waals surface area contributed by atoms with Crippen LogP contribution in [0.25, 0.3) is 0 Å². The first-order chi connectivity index (χ1) is 7.50. The van der Waals surface area contributed by atoms with E-state index >= 15 is 0 Å². The number of nitrogens with two attached hydrogens (primary N) is 1. The minimum absolute atomic E-state index is 0.245. The van der Waals surface area contributed by atoms with Crippen molar-refractivity contribution in [3.8, 4) is 0 Å². The van der Waals surface area contributed by atoms with E-state index in [1.807, 2.05) is 13.8 Å². The number of nitrogens with zero attached hydrogens (tertiary/aromatic N) is 2. The number of benzene rings is 1. The average Bonchev–Trinajstić information content (AvgIpc) is 2.66. The summed E-state index contributed by atoms with van der Waals surface area (Å²) in [6.45, 7) is 3.98. The van der Waals surface area contributed by atoms with Crippen LogP contribution in [0, 0.1) is 5.82 Å². The number of anilines is 1. The Morgan fingerprint density at radius 2 is 1.88 bits per heavy atom. The van der Waals surface area contributed by atoms with Gasteiger partial charge in [0.05, 0.1) is 5.41 Å². The number of aromatic nitrogens is 2. The minimum Gasteiger partial charge on any atom is -0.374 e. The molecule has 16 heavy (non-hydrogen) atoms. The van der Waals surface area contributed by atoms with Gasteiger partial charge >= 0.3 is 0 Å². The number of hydrogen-bond acceptors (Lipinski definition) is 4. The van der Waals surface area contributed by atoms with Crippen molar-refractivity contribution >= 4 is 16.7 Å². The van der Waals surface area contributed by atoms with E-state index in [4.69, 9.17) is 5.73 Å². The van der Waals surface area contributed by atoms with E-state index in [9.17, 15) is 4.39 Å². The van der Waals surface area contributed by atoms with E-state index < -0.39 is 0 Å². The Hall–Kier alpha value is -1.49. The maximum absolute atomic E-state index is 12.8. The predicted molar refractivity (Wildman–Crippen MR) is 62.8 cm³/mol. The van der Waals surface area contributed by atoms with E-state index in [1.54, 1.807) is 12.1 Å². The summed E-state index contributed by atoms with van der Waals surface area (Å²) in [6, 6.07) is 6.36. The van der Waals surface area contributed by atoms with Crippen molar-refractivity contribution in [1.82, 2.24) is 9.36 Å². The Labute approximate surface area is 97.3 Å². The van der Waals surface area contributed by atoms with Gasteiger partial charge in [-0.15, -0.1) is 0 Å². The lowest BCUT2D eigenvalue weighted by Crippen LogP contribution is -2.20. The van der Waals surface area contributed by atoms with Crippen LogP contribution in [0.3, 0.4) is 0 Å². The third-order valence-corrected chi connectivity index (χ3v) is 3.11. The van der Waals surface area contributed by atoms with Crippen LogP contribution in [0.5, 0.6) is 0 Å². The predicted octanol–water partition coefficient (Wildman–Crippen LogP) is 2.59. The topological polar surface area (TPSA) is 51.8 Å². The number of halogens is 1. The van der Waals surface area contributed by atoms with Gasteiger partial charge in [0.2, 0.25) is 0 Å². The molecule has 0 radical (unpaired) electrons. The Balaban J connectivity index is 2.42. The third-order valence-electron chi connectivity index (χ3n) is 2.57. The molecule has 2 rings (SSSR count). The zero-order chi connectivity index (χ0) is 11.8. The first kappa shape index (κ1) is 11.0. The highest BCUT2D eigenvalue weighted by Crippen LogP contribution is 2.30. The summed E-state index contributed by atoms with van der Waals surface area (Å²) in [5, 5.41) is 0.449. The largest absolute Gasteiger partial charge is 0.374 e. The van der Waals surface area contributed by atoms with Gasteiger partial charge in [0.25, 0.3) is 0 Å². The summed E-state index contributed by atoms with van der Waals surface area (Å²) in [6.07, 6.45) is 0. The van der Waals surface area contributed by atoms with Gasteiger partial charge in [-0.25, -0.2) is 9.37 Å². The second-order valence-electron chi connectivity index (χ2n) is 4.09. The quantitative estimate of drug-likeness (QED) is 0.873. The summed E-state index contributed by atoms with van der Waals surface area (Å²) in [5.74, 6) is 0.423. The van der Waals surface area contributed by atoms with Crippen molar-refractivity contribution in [2.24, 2.45) is 0 Å². The zero-order valence-corrected chi connectivity index (χ0v) is 9.88.